The first kappa shape index (κ1) is 10.3. The lowest BCUT2D eigenvalue weighted by Crippen LogP contribution is -2.47. The fraction of sp³-hybridized carbons (Fsp3) is 1.00. The molecule has 0 spiro atoms. The molecule has 0 amide bonds. The Kier molecular flexibility index (Phi) is 3.35. The van der Waals surface area contributed by atoms with Gasteiger partial charge in [-0.25, -0.2) is 0 Å². The molecule has 1 rings (SSSR count). The molecule has 2 heteroatoms. The van der Waals surface area contributed by atoms with Crippen LogP contribution < -0.4 is 0 Å². The fourth-order valence-corrected chi connectivity index (χ4v) is 3.12. The standard InChI is InChI=1S/C10H20NSi/c1-4-9-7-8-11(6-3)10(9,12)5-2/h9H,4-8H2,1-3H3. The Bertz CT molecular complexity index is 135. The van der Waals surface area contributed by atoms with Crippen molar-refractivity contribution < 1.29 is 0 Å². The Labute approximate surface area is 79.9 Å². The van der Waals surface area contributed by atoms with Gasteiger partial charge in [-0.15, -0.1) is 0 Å². The molecule has 1 aliphatic heterocycles. The Morgan fingerprint density at radius 3 is 2.50 bits per heavy atom. The Balaban J connectivity index is 2.72. The third-order valence-electron chi connectivity index (χ3n) is 3.40. The van der Waals surface area contributed by atoms with Gasteiger partial charge in [0.05, 0.1) is 10.2 Å². The molecule has 1 aliphatic rings. The van der Waals surface area contributed by atoms with E-state index in [2.05, 4.69) is 35.9 Å². The first-order valence-electron chi connectivity index (χ1n) is 5.19. The SMILES string of the molecule is CCC1CCN(CC)C1([Si])CC. The highest BCUT2D eigenvalue weighted by Gasteiger charge is 2.41. The molecule has 3 radical (unpaired) electrons. The summed E-state index contributed by atoms with van der Waals surface area (Å²) in [6.07, 6.45) is 3.88. The quantitative estimate of drug-likeness (QED) is 0.604. The number of nitrogens with zero attached hydrogens (tertiary/aromatic N) is 1. The summed E-state index contributed by atoms with van der Waals surface area (Å²) < 4.78 is 0. The largest absolute Gasteiger partial charge is 0.301 e. The second kappa shape index (κ2) is 3.92. The lowest BCUT2D eigenvalue weighted by molar-refractivity contribution is 0.184. The van der Waals surface area contributed by atoms with E-state index in [4.69, 9.17) is 0 Å². The van der Waals surface area contributed by atoms with Gasteiger partial charge in [-0.05, 0) is 31.8 Å². The van der Waals surface area contributed by atoms with Gasteiger partial charge in [-0.1, -0.05) is 27.2 Å². The summed E-state index contributed by atoms with van der Waals surface area (Å²) in [6.45, 7) is 9.28. The van der Waals surface area contributed by atoms with Gasteiger partial charge < -0.3 is 4.90 Å². The highest BCUT2D eigenvalue weighted by molar-refractivity contribution is 6.15. The predicted molar refractivity (Wildman–Crippen MR) is 54.4 cm³/mol. The molecule has 0 aromatic heterocycles. The molecule has 2 atom stereocenters. The van der Waals surface area contributed by atoms with E-state index in [1.165, 1.54) is 32.4 Å². The average Bonchev–Trinajstić information content (AvgIpc) is 2.42. The molecule has 2 unspecified atom stereocenters. The zero-order valence-corrected chi connectivity index (χ0v) is 9.56. The second-order valence-corrected chi connectivity index (χ2v) is 4.62. The molecule has 0 N–H and O–H groups in total. The molecule has 1 nitrogen and oxygen atoms in total. The van der Waals surface area contributed by atoms with Crippen LogP contribution in [-0.2, 0) is 0 Å². The van der Waals surface area contributed by atoms with Crippen LogP contribution in [-0.4, -0.2) is 33.4 Å². The first-order chi connectivity index (χ1) is 5.69. The van der Waals surface area contributed by atoms with E-state index in [1.54, 1.807) is 0 Å². The molecule has 0 aromatic rings. The van der Waals surface area contributed by atoms with Gasteiger partial charge in [0.25, 0.3) is 0 Å². The van der Waals surface area contributed by atoms with Crippen LogP contribution in [0.4, 0.5) is 0 Å². The Hall–Kier alpha value is 0.177. The number of rotatable bonds is 3. The molecule has 1 heterocycles. The summed E-state index contributed by atoms with van der Waals surface area (Å²) in [6, 6.07) is 0. The van der Waals surface area contributed by atoms with Crippen LogP contribution in [0.25, 0.3) is 0 Å². The van der Waals surface area contributed by atoms with Crippen molar-refractivity contribution in [3.05, 3.63) is 0 Å². The monoisotopic (exact) mass is 182 g/mol. The van der Waals surface area contributed by atoms with Crippen molar-refractivity contribution in [3.8, 4) is 0 Å². The minimum absolute atomic E-state index is 0.309. The minimum atomic E-state index is 0.309. The molecular weight excluding hydrogens is 162 g/mol. The molecule has 0 aliphatic carbocycles. The predicted octanol–water partition coefficient (Wildman–Crippen LogP) is 2.01. The van der Waals surface area contributed by atoms with E-state index in [0.29, 0.717) is 5.16 Å². The van der Waals surface area contributed by atoms with E-state index in [9.17, 15) is 0 Å². The molecule has 12 heavy (non-hydrogen) atoms. The lowest BCUT2D eigenvalue weighted by Gasteiger charge is -2.38. The van der Waals surface area contributed by atoms with Crippen LogP contribution in [0.3, 0.4) is 0 Å². The highest BCUT2D eigenvalue weighted by atomic mass is 28.1. The summed E-state index contributed by atoms with van der Waals surface area (Å²) in [4.78, 5) is 2.57. The summed E-state index contributed by atoms with van der Waals surface area (Å²) in [5.74, 6) is 0.846. The van der Waals surface area contributed by atoms with Crippen LogP contribution in [0, 0.1) is 5.92 Å². The highest BCUT2D eigenvalue weighted by Crippen LogP contribution is 2.36. The van der Waals surface area contributed by atoms with Crippen molar-refractivity contribution in [2.75, 3.05) is 13.1 Å². The molecule has 0 bridgehead atoms. The van der Waals surface area contributed by atoms with E-state index in [0.717, 1.165) is 5.92 Å². The third kappa shape index (κ3) is 1.47. The maximum absolute atomic E-state index is 3.98. The Morgan fingerprint density at radius 1 is 1.42 bits per heavy atom. The Morgan fingerprint density at radius 2 is 2.08 bits per heavy atom. The van der Waals surface area contributed by atoms with E-state index in [-0.39, 0.29) is 0 Å². The van der Waals surface area contributed by atoms with Crippen molar-refractivity contribution in [1.29, 1.82) is 0 Å². The lowest BCUT2D eigenvalue weighted by atomic mass is 9.94. The second-order valence-electron chi connectivity index (χ2n) is 3.75. The van der Waals surface area contributed by atoms with Gasteiger partial charge >= 0.3 is 0 Å². The van der Waals surface area contributed by atoms with Gasteiger partial charge in [0.1, 0.15) is 0 Å². The summed E-state index contributed by atoms with van der Waals surface area (Å²) >= 11 is 0. The summed E-state index contributed by atoms with van der Waals surface area (Å²) in [7, 11) is 3.98. The van der Waals surface area contributed by atoms with Gasteiger partial charge in [0.15, 0.2) is 0 Å². The van der Waals surface area contributed by atoms with Gasteiger partial charge in [-0.3, -0.25) is 0 Å². The van der Waals surface area contributed by atoms with Crippen LogP contribution in [0.5, 0.6) is 0 Å². The van der Waals surface area contributed by atoms with E-state index >= 15 is 0 Å². The first-order valence-corrected chi connectivity index (χ1v) is 5.69. The average molecular weight is 182 g/mol. The molecule has 0 saturated carbocycles. The maximum Gasteiger partial charge on any atom is 0.0531 e. The maximum atomic E-state index is 3.98. The topological polar surface area (TPSA) is 3.24 Å². The zero-order valence-electron chi connectivity index (χ0n) is 8.56. The van der Waals surface area contributed by atoms with Gasteiger partial charge in [0.2, 0.25) is 0 Å². The smallest absolute Gasteiger partial charge is 0.0531 e. The zero-order chi connectivity index (χ0) is 9.19. The minimum Gasteiger partial charge on any atom is -0.301 e. The summed E-state index contributed by atoms with van der Waals surface area (Å²) in [5, 5.41) is 0.309. The number of likely N-dealkylation sites (tertiary alicyclic amines) is 1. The van der Waals surface area contributed by atoms with Crippen LogP contribution in [0.15, 0.2) is 0 Å². The van der Waals surface area contributed by atoms with Crippen LogP contribution in [0.1, 0.15) is 40.0 Å². The molecular formula is C10H20NSi. The van der Waals surface area contributed by atoms with Crippen molar-refractivity contribution in [3.63, 3.8) is 0 Å². The summed E-state index contributed by atoms with van der Waals surface area (Å²) in [5.41, 5.74) is 0. The number of hydrogen-bond donors (Lipinski definition) is 0. The molecule has 1 saturated heterocycles. The van der Waals surface area contributed by atoms with E-state index in [1.807, 2.05) is 0 Å². The van der Waals surface area contributed by atoms with Crippen molar-refractivity contribution in [1.82, 2.24) is 4.90 Å². The molecule has 0 aromatic carbocycles. The van der Waals surface area contributed by atoms with Crippen molar-refractivity contribution >= 4 is 10.2 Å². The van der Waals surface area contributed by atoms with Gasteiger partial charge in [0, 0.05) is 5.16 Å². The molecule has 69 valence electrons. The third-order valence-corrected chi connectivity index (χ3v) is 4.48. The van der Waals surface area contributed by atoms with Gasteiger partial charge in [-0.2, -0.15) is 0 Å². The number of hydrogen-bond acceptors (Lipinski definition) is 1. The van der Waals surface area contributed by atoms with E-state index < -0.39 is 0 Å². The molecule has 1 fully saturated rings. The van der Waals surface area contributed by atoms with Crippen LogP contribution in [0.2, 0.25) is 0 Å². The van der Waals surface area contributed by atoms with Crippen molar-refractivity contribution in [2.24, 2.45) is 5.92 Å². The van der Waals surface area contributed by atoms with Crippen LogP contribution >= 0.6 is 0 Å². The normalized spacial score (nSPS) is 37.5. The fourth-order valence-electron chi connectivity index (χ4n) is 2.50. The van der Waals surface area contributed by atoms with Crippen molar-refractivity contribution in [2.45, 2.75) is 45.2 Å².